The molecule has 1 aliphatic carbocycles. The van der Waals surface area contributed by atoms with E-state index in [1.165, 1.54) is 5.56 Å². The number of nitrogens with zero attached hydrogens (tertiary/aromatic N) is 1. The van der Waals surface area contributed by atoms with Gasteiger partial charge in [-0.3, -0.25) is 0 Å². The number of hydrogen-bond donors (Lipinski definition) is 1. The lowest BCUT2D eigenvalue weighted by Gasteiger charge is -2.36. The summed E-state index contributed by atoms with van der Waals surface area (Å²) < 4.78 is 12.8. The topological polar surface area (TPSA) is 24.9 Å². The van der Waals surface area contributed by atoms with Crippen LogP contribution >= 0.6 is 11.3 Å². The Hall–Kier alpha value is -1.26. The molecule has 0 radical (unpaired) electrons. The van der Waals surface area contributed by atoms with Crippen molar-refractivity contribution < 1.29 is 4.39 Å². The third-order valence-corrected chi connectivity index (χ3v) is 4.54. The van der Waals surface area contributed by atoms with Gasteiger partial charge in [-0.1, -0.05) is 12.1 Å². The van der Waals surface area contributed by atoms with Gasteiger partial charge < -0.3 is 5.32 Å². The van der Waals surface area contributed by atoms with Crippen LogP contribution < -0.4 is 5.32 Å². The van der Waals surface area contributed by atoms with Crippen molar-refractivity contribution in [2.75, 3.05) is 0 Å². The van der Waals surface area contributed by atoms with Gasteiger partial charge in [0, 0.05) is 18.0 Å². The van der Waals surface area contributed by atoms with Crippen LogP contribution in [0.3, 0.4) is 0 Å². The molecule has 0 aliphatic heterocycles. The average molecular weight is 276 g/mol. The Morgan fingerprint density at radius 2 is 2.05 bits per heavy atom. The van der Waals surface area contributed by atoms with E-state index in [-0.39, 0.29) is 5.82 Å². The van der Waals surface area contributed by atoms with E-state index in [1.54, 1.807) is 23.5 Å². The van der Waals surface area contributed by atoms with Crippen LogP contribution in [-0.2, 0) is 6.54 Å². The van der Waals surface area contributed by atoms with E-state index < -0.39 is 0 Å². The predicted octanol–water partition coefficient (Wildman–Crippen LogP) is 3.63. The lowest BCUT2D eigenvalue weighted by molar-refractivity contribution is 0.288. The van der Waals surface area contributed by atoms with Crippen molar-refractivity contribution in [1.82, 2.24) is 10.3 Å². The summed E-state index contributed by atoms with van der Waals surface area (Å²) in [6, 6.07) is 7.47. The minimum atomic E-state index is -0.156. The van der Waals surface area contributed by atoms with Crippen molar-refractivity contribution in [3.63, 3.8) is 0 Å². The molecular formula is C15H17FN2S. The molecule has 0 atom stereocenters. The van der Waals surface area contributed by atoms with Crippen molar-refractivity contribution in [3.8, 4) is 0 Å². The second-order valence-corrected chi connectivity index (χ2v) is 6.22. The minimum Gasteiger partial charge on any atom is -0.308 e. The third-order valence-electron chi connectivity index (χ3n) is 3.72. The molecule has 1 N–H and O–H groups in total. The van der Waals surface area contributed by atoms with E-state index in [2.05, 4.69) is 15.7 Å². The van der Waals surface area contributed by atoms with Crippen LogP contribution in [0.4, 0.5) is 4.39 Å². The van der Waals surface area contributed by atoms with Gasteiger partial charge in [-0.25, -0.2) is 9.37 Å². The van der Waals surface area contributed by atoms with Gasteiger partial charge in [0.05, 0.1) is 10.7 Å². The maximum absolute atomic E-state index is 12.8. The summed E-state index contributed by atoms with van der Waals surface area (Å²) in [4.78, 5) is 4.44. The van der Waals surface area contributed by atoms with E-state index in [0.717, 1.165) is 30.1 Å². The van der Waals surface area contributed by atoms with Crippen molar-refractivity contribution >= 4 is 11.3 Å². The summed E-state index contributed by atoms with van der Waals surface area (Å²) in [5.41, 5.74) is 2.39. The van der Waals surface area contributed by atoms with E-state index in [4.69, 9.17) is 0 Å². The summed E-state index contributed by atoms with van der Waals surface area (Å²) in [7, 11) is 0. The van der Waals surface area contributed by atoms with E-state index in [9.17, 15) is 4.39 Å². The fourth-order valence-electron chi connectivity index (χ4n) is 2.53. The smallest absolute Gasteiger partial charge is 0.123 e. The molecular weight excluding hydrogens is 259 g/mol. The van der Waals surface area contributed by atoms with Crippen molar-refractivity contribution in [1.29, 1.82) is 0 Å². The number of rotatable bonds is 4. The molecule has 0 amide bonds. The summed E-state index contributed by atoms with van der Waals surface area (Å²) in [5, 5.41) is 6.76. The lowest BCUT2D eigenvalue weighted by atomic mass is 9.76. The van der Waals surface area contributed by atoms with Crippen molar-refractivity contribution in [2.45, 2.75) is 38.3 Å². The molecule has 19 heavy (non-hydrogen) atoms. The van der Waals surface area contributed by atoms with Gasteiger partial charge in [-0.05, 0) is 43.4 Å². The predicted molar refractivity (Wildman–Crippen MR) is 75.9 cm³/mol. The standard InChI is InChI=1S/C15H17FN2S/c1-10-18-15(9-19-10)8-17-14-6-12(7-14)11-2-4-13(16)5-3-11/h2-5,9,12,14,17H,6-8H2,1H3. The van der Waals surface area contributed by atoms with Crippen LogP contribution in [0.15, 0.2) is 29.6 Å². The van der Waals surface area contributed by atoms with Crippen LogP contribution in [0.25, 0.3) is 0 Å². The molecule has 2 aromatic rings. The Bertz CT molecular complexity index is 544. The molecule has 0 unspecified atom stereocenters. The summed E-state index contributed by atoms with van der Waals surface area (Å²) in [6.45, 7) is 2.88. The number of aromatic nitrogens is 1. The van der Waals surface area contributed by atoms with Crippen molar-refractivity contribution in [2.24, 2.45) is 0 Å². The van der Waals surface area contributed by atoms with Gasteiger partial charge in [0.1, 0.15) is 5.82 Å². The van der Waals surface area contributed by atoms with Crippen LogP contribution in [0.5, 0.6) is 0 Å². The summed E-state index contributed by atoms with van der Waals surface area (Å²) in [5.74, 6) is 0.423. The highest BCUT2D eigenvalue weighted by molar-refractivity contribution is 7.09. The van der Waals surface area contributed by atoms with Crippen LogP contribution in [-0.4, -0.2) is 11.0 Å². The van der Waals surface area contributed by atoms with Gasteiger partial charge in [-0.15, -0.1) is 11.3 Å². The number of nitrogens with one attached hydrogen (secondary N) is 1. The lowest BCUT2D eigenvalue weighted by Crippen LogP contribution is -2.39. The molecule has 1 saturated carbocycles. The molecule has 1 heterocycles. The van der Waals surface area contributed by atoms with Gasteiger partial charge in [0.2, 0.25) is 0 Å². The number of hydrogen-bond acceptors (Lipinski definition) is 3. The van der Waals surface area contributed by atoms with Crippen LogP contribution in [0.2, 0.25) is 0 Å². The zero-order chi connectivity index (χ0) is 13.2. The largest absolute Gasteiger partial charge is 0.308 e. The van der Waals surface area contributed by atoms with E-state index in [1.807, 2.05) is 19.1 Å². The summed E-state index contributed by atoms with van der Waals surface area (Å²) in [6.07, 6.45) is 2.27. The van der Waals surface area contributed by atoms with Crippen LogP contribution in [0.1, 0.15) is 35.0 Å². The third kappa shape index (κ3) is 3.01. The fourth-order valence-corrected chi connectivity index (χ4v) is 3.14. The Morgan fingerprint density at radius 3 is 2.68 bits per heavy atom. The second kappa shape index (κ2) is 5.39. The van der Waals surface area contributed by atoms with E-state index >= 15 is 0 Å². The maximum Gasteiger partial charge on any atom is 0.123 e. The zero-order valence-corrected chi connectivity index (χ0v) is 11.7. The van der Waals surface area contributed by atoms with Gasteiger partial charge in [0.15, 0.2) is 0 Å². The van der Waals surface area contributed by atoms with Gasteiger partial charge in [0.25, 0.3) is 0 Å². The molecule has 0 saturated heterocycles. The number of thiazole rings is 1. The molecule has 0 bridgehead atoms. The Morgan fingerprint density at radius 1 is 1.32 bits per heavy atom. The number of benzene rings is 1. The van der Waals surface area contributed by atoms with E-state index in [0.29, 0.717) is 12.0 Å². The molecule has 0 spiro atoms. The number of halogens is 1. The molecule has 1 aromatic heterocycles. The first kappa shape index (κ1) is 12.8. The highest BCUT2D eigenvalue weighted by Crippen LogP contribution is 2.36. The quantitative estimate of drug-likeness (QED) is 0.922. The molecule has 4 heteroatoms. The SMILES string of the molecule is Cc1nc(CNC2CC(c3ccc(F)cc3)C2)cs1. The molecule has 1 aliphatic rings. The molecule has 1 fully saturated rings. The minimum absolute atomic E-state index is 0.156. The molecule has 1 aromatic carbocycles. The first-order valence-electron chi connectivity index (χ1n) is 6.60. The van der Waals surface area contributed by atoms with Crippen molar-refractivity contribution in [3.05, 3.63) is 51.7 Å². The highest BCUT2D eigenvalue weighted by Gasteiger charge is 2.29. The van der Waals surface area contributed by atoms with Gasteiger partial charge in [-0.2, -0.15) is 0 Å². The molecule has 3 rings (SSSR count). The molecule has 2 nitrogen and oxygen atoms in total. The fraction of sp³-hybridized carbons (Fsp3) is 0.400. The Kier molecular flexibility index (Phi) is 3.62. The monoisotopic (exact) mass is 276 g/mol. The second-order valence-electron chi connectivity index (χ2n) is 5.16. The Balaban J connectivity index is 1.46. The first-order valence-corrected chi connectivity index (χ1v) is 7.48. The summed E-state index contributed by atoms with van der Waals surface area (Å²) >= 11 is 1.69. The molecule has 100 valence electrons. The Labute approximate surface area is 116 Å². The first-order chi connectivity index (χ1) is 9.20. The average Bonchev–Trinajstić information content (AvgIpc) is 2.75. The highest BCUT2D eigenvalue weighted by atomic mass is 32.1. The van der Waals surface area contributed by atoms with Crippen LogP contribution in [0, 0.1) is 12.7 Å². The normalized spacial score (nSPS) is 22.2. The maximum atomic E-state index is 12.8. The van der Waals surface area contributed by atoms with Gasteiger partial charge >= 0.3 is 0 Å². The zero-order valence-electron chi connectivity index (χ0n) is 10.9. The number of aryl methyl sites for hydroxylation is 1.